The molecule has 3 aromatic rings. The second kappa shape index (κ2) is 8.44. The van der Waals surface area contributed by atoms with Gasteiger partial charge in [0.05, 0.1) is 19.9 Å². The fourth-order valence-electron chi connectivity index (χ4n) is 2.92. The van der Waals surface area contributed by atoms with Crippen LogP contribution in [-0.2, 0) is 11.2 Å². The molecule has 0 aliphatic heterocycles. The number of hydrogen-bond acceptors (Lipinski definition) is 5. The van der Waals surface area contributed by atoms with E-state index in [-0.39, 0.29) is 5.91 Å². The zero-order valence-corrected chi connectivity index (χ0v) is 17.3. The third-order valence-electron chi connectivity index (χ3n) is 4.51. The first-order chi connectivity index (χ1) is 13.4. The Morgan fingerprint density at radius 1 is 1.11 bits per heavy atom. The van der Waals surface area contributed by atoms with Crippen molar-refractivity contribution in [1.82, 2.24) is 4.98 Å². The molecule has 0 unspecified atom stereocenters. The number of anilines is 1. The fraction of sp³-hybridized carbons (Fsp3) is 0.273. The predicted octanol–water partition coefficient (Wildman–Crippen LogP) is 5.03. The largest absolute Gasteiger partial charge is 0.497 e. The molecular weight excluding hydrogens is 372 g/mol. The Kier molecular flexibility index (Phi) is 5.99. The summed E-state index contributed by atoms with van der Waals surface area (Å²) >= 11 is 1.39. The van der Waals surface area contributed by atoms with Gasteiger partial charge in [-0.1, -0.05) is 44.2 Å². The van der Waals surface area contributed by atoms with Crippen LogP contribution in [0.5, 0.6) is 11.5 Å². The molecule has 28 heavy (non-hydrogen) atoms. The van der Waals surface area contributed by atoms with Gasteiger partial charge in [0.15, 0.2) is 5.13 Å². The van der Waals surface area contributed by atoms with Crippen LogP contribution in [0.2, 0.25) is 0 Å². The lowest BCUT2D eigenvalue weighted by Crippen LogP contribution is -2.32. The molecule has 1 heterocycles. The van der Waals surface area contributed by atoms with E-state index in [1.165, 1.54) is 11.3 Å². The van der Waals surface area contributed by atoms with E-state index >= 15 is 0 Å². The Morgan fingerprint density at radius 2 is 1.86 bits per heavy atom. The number of carbonyl (C=O) groups excluding carboxylic acids is 1. The van der Waals surface area contributed by atoms with Crippen LogP contribution in [0.1, 0.15) is 19.4 Å². The van der Waals surface area contributed by atoms with Gasteiger partial charge in [0.25, 0.3) is 0 Å². The number of amides is 1. The van der Waals surface area contributed by atoms with Crippen molar-refractivity contribution < 1.29 is 14.3 Å². The molecular formula is C22H24N2O3S. The van der Waals surface area contributed by atoms with Gasteiger partial charge < -0.3 is 14.8 Å². The van der Waals surface area contributed by atoms with Gasteiger partial charge in [-0.15, -0.1) is 11.3 Å². The monoisotopic (exact) mass is 396 g/mol. The number of ether oxygens (including phenoxy) is 2. The van der Waals surface area contributed by atoms with Gasteiger partial charge in [-0.2, -0.15) is 0 Å². The van der Waals surface area contributed by atoms with Gasteiger partial charge in [-0.25, -0.2) is 4.98 Å². The van der Waals surface area contributed by atoms with Crippen LogP contribution < -0.4 is 14.8 Å². The Hall–Kier alpha value is -2.86. The number of rotatable bonds is 7. The smallest absolute Gasteiger partial charge is 0.232 e. The van der Waals surface area contributed by atoms with Crippen molar-refractivity contribution in [3.05, 3.63) is 59.5 Å². The van der Waals surface area contributed by atoms with Gasteiger partial charge in [0.2, 0.25) is 5.91 Å². The molecule has 1 N–H and O–H groups in total. The summed E-state index contributed by atoms with van der Waals surface area (Å²) < 4.78 is 10.7. The molecule has 0 saturated heterocycles. The Balaban J connectivity index is 1.76. The predicted molar refractivity (Wildman–Crippen MR) is 113 cm³/mol. The zero-order chi connectivity index (χ0) is 20.1. The molecule has 0 bridgehead atoms. The number of nitrogens with zero attached hydrogens (tertiary/aromatic N) is 1. The summed E-state index contributed by atoms with van der Waals surface area (Å²) in [5.74, 6) is 1.36. The Morgan fingerprint density at radius 3 is 2.54 bits per heavy atom. The van der Waals surface area contributed by atoms with Gasteiger partial charge in [-0.3, -0.25) is 4.79 Å². The van der Waals surface area contributed by atoms with Gasteiger partial charge in [-0.05, 0) is 30.2 Å². The molecule has 0 radical (unpaired) electrons. The fourth-order valence-corrected chi connectivity index (χ4v) is 3.63. The van der Waals surface area contributed by atoms with Crippen molar-refractivity contribution >= 4 is 22.4 Å². The van der Waals surface area contributed by atoms with Gasteiger partial charge >= 0.3 is 0 Å². The summed E-state index contributed by atoms with van der Waals surface area (Å²) in [6.07, 6.45) is 0.654. The SMILES string of the molecule is COc1ccc(OC)c(-c2csc(NC(=O)C(C)(C)Cc3ccccc3)n2)c1. The number of methoxy groups -OCH3 is 2. The number of nitrogens with one attached hydrogen (secondary N) is 1. The molecule has 0 atom stereocenters. The maximum Gasteiger partial charge on any atom is 0.232 e. The number of aromatic nitrogens is 1. The van der Waals surface area contributed by atoms with Crippen molar-refractivity contribution in [2.24, 2.45) is 5.41 Å². The van der Waals surface area contributed by atoms with E-state index in [9.17, 15) is 4.79 Å². The minimum absolute atomic E-state index is 0.0603. The van der Waals surface area contributed by atoms with Crippen LogP contribution in [0, 0.1) is 5.41 Å². The third-order valence-corrected chi connectivity index (χ3v) is 5.27. The minimum atomic E-state index is -0.555. The lowest BCUT2D eigenvalue weighted by molar-refractivity contribution is -0.123. The van der Waals surface area contributed by atoms with E-state index in [0.29, 0.717) is 17.3 Å². The van der Waals surface area contributed by atoms with Crippen LogP contribution in [0.3, 0.4) is 0 Å². The molecule has 0 saturated carbocycles. The lowest BCUT2D eigenvalue weighted by Gasteiger charge is -2.23. The molecule has 0 fully saturated rings. The second-order valence-corrected chi connectivity index (χ2v) is 7.96. The van der Waals surface area contributed by atoms with Crippen LogP contribution in [0.15, 0.2) is 53.9 Å². The molecule has 6 heteroatoms. The lowest BCUT2D eigenvalue weighted by atomic mass is 9.85. The number of thiazole rings is 1. The van der Waals surface area contributed by atoms with Crippen molar-refractivity contribution in [2.75, 3.05) is 19.5 Å². The highest BCUT2D eigenvalue weighted by Crippen LogP contribution is 2.35. The van der Waals surface area contributed by atoms with Gasteiger partial charge in [0, 0.05) is 16.4 Å². The molecule has 0 aliphatic carbocycles. The maximum atomic E-state index is 12.8. The van der Waals surface area contributed by atoms with E-state index in [2.05, 4.69) is 10.3 Å². The first kappa shape index (κ1) is 19.9. The zero-order valence-electron chi connectivity index (χ0n) is 16.5. The summed E-state index contributed by atoms with van der Waals surface area (Å²) in [7, 11) is 3.24. The van der Waals surface area contributed by atoms with Crippen LogP contribution in [0.25, 0.3) is 11.3 Å². The van der Waals surface area contributed by atoms with Crippen molar-refractivity contribution in [3.63, 3.8) is 0 Å². The third kappa shape index (κ3) is 4.51. The van der Waals surface area contributed by atoms with Gasteiger partial charge in [0.1, 0.15) is 11.5 Å². The van der Waals surface area contributed by atoms with E-state index in [4.69, 9.17) is 9.47 Å². The molecule has 2 aromatic carbocycles. The quantitative estimate of drug-likeness (QED) is 0.608. The van der Waals surface area contributed by atoms with Crippen molar-refractivity contribution in [3.8, 4) is 22.8 Å². The first-order valence-corrected chi connectivity index (χ1v) is 9.84. The minimum Gasteiger partial charge on any atom is -0.497 e. The molecule has 146 valence electrons. The molecule has 5 nitrogen and oxygen atoms in total. The maximum absolute atomic E-state index is 12.8. The van der Waals surface area contributed by atoms with E-state index in [1.807, 2.05) is 67.8 Å². The number of benzene rings is 2. The van der Waals surface area contributed by atoms with Crippen molar-refractivity contribution in [1.29, 1.82) is 0 Å². The molecule has 0 spiro atoms. The molecule has 3 rings (SSSR count). The normalized spacial score (nSPS) is 11.1. The second-order valence-electron chi connectivity index (χ2n) is 7.10. The average molecular weight is 397 g/mol. The average Bonchev–Trinajstić information content (AvgIpc) is 3.16. The Labute approximate surface area is 169 Å². The summed E-state index contributed by atoms with van der Waals surface area (Å²) in [4.78, 5) is 17.4. The topological polar surface area (TPSA) is 60.5 Å². The Bertz CT molecular complexity index is 951. The summed E-state index contributed by atoms with van der Waals surface area (Å²) in [5, 5.41) is 5.42. The number of carbonyl (C=O) groups is 1. The summed E-state index contributed by atoms with van der Waals surface area (Å²) in [5.41, 5.74) is 2.13. The standard InChI is InChI=1S/C22H24N2O3S/c1-22(2,13-15-8-6-5-7-9-15)20(25)24-21-23-18(14-28-21)17-12-16(26-3)10-11-19(17)27-4/h5-12,14H,13H2,1-4H3,(H,23,24,25). The molecule has 1 amide bonds. The van der Waals surface area contributed by atoms with Crippen LogP contribution in [0.4, 0.5) is 5.13 Å². The van der Waals surface area contributed by atoms with Crippen LogP contribution in [-0.4, -0.2) is 25.1 Å². The van der Waals surface area contributed by atoms with E-state index in [0.717, 1.165) is 22.6 Å². The highest BCUT2D eigenvalue weighted by molar-refractivity contribution is 7.14. The highest BCUT2D eigenvalue weighted by atomic mass is 32.1. The van der Waals surface area contributed by atoms with Crippen LogP contribution >= 0.6 is 11.3 Å². The summed E-state index contributed by atoms with van der Waals surface area (Å²) in [6, 6.07) is 15.6. The molecule has 0 aliphatic rings. The first-order valence-electron chi connectivity index (χ1n) is 8.96. The highest BCUT2D eigenvalue weighted by Gasteiger charge is 2.28. The molecule has 1 aromatic heterocycles. The summed E-state index contributed by atoms with van der Waals surface area (Å²) in [6.45, 7) is 3.88. The van der Waals surface area contributed by atoms with E-state index < -0.39 is 5.41 Å². The van der Waals surface area contributed by atoms with Crippen molar-refractivity contribution in [2.45, 2.75) is 20.3 Å². The number of hydrogen-bond donors (Lipinski definition) is 1. The van der Waals surface area contributed by atoms with E-state index in [1.54, 1.807) is 14.2 Å².